The Morgan fingerprint density at radius 3 is 2.69 bits per heavy atom. The lowest BCUT2D eigenvalue weighted by atomic mass is 9.93. The minimum absolute atomic E-state index is 0.423. The Morgan fingerprint density at radius 1 is 1.21 bits per heavy atom. The lowest BCUT2D eigenvalue weighted by Gasteiger charge is -2.37. The van der Waals surface area contributed by atoms with Crippen LogP contribution in [0.2, 0.25) is 5.15 Å². The molecule has 0 atom stereocenters. The quantitative estimate of drug-likeness (QED) is 0.668. The molecule has 1 aliphatic carbocycles. The predicted molar refractivity (Wildman–Crippen MR) is 115 cm³/mol. The van der Waals surface area contributed by atoms with Crippen LogP contribution >= 0.6 is 11.6 Å². The van der Waals surface area contributed by atoms with E-state index in [0.29, 0.717) is 17.1 Å². The highest BCUT2D eigenvalue weighted by Gasteiger charge is 2.29. The number of hydrogen-bond donors (Lipinski definition) is 2. The van der Waals surface area contributed by atoms with Crippen LogP contribution in [0.1, 0.15) is 44.2 Å². The number of anilines is 3. The van der Waals surface area contributed by atoms with Gasteiger partial charge in [0.15, 0.2) is 5.15 Å². The molecule has 0 amide bonds. The van der Waals surface area contributed by atoms with E-state index in [9.17, 15) is 5.11 Å². The van der Waals surface area contributed by atoms with Crippen molar-refractivity contribution in [3.05, 3.63) is 35.2 Å². The summed E-state index contributed by atoms with van der Waals surface area (Å²) in [6.07, 6.45) is 7.36. The van der Waals surface area contributed by atoms with Gasteiger partial charge in [-0.2, -0.15) is 5.10 Å². The first-order valence-electron chi connectivity index (χ1n) is 10.1. The van der Waals surface area contributed by atoms with Crippen molar-refractivity contribution in [1.29, 1.82) is 0 Å². The molecule has 29 heavy (non-hydrogen) atoms. The summed E-state index contributed by atoms with van der Waals surface area (Å²) < 4.78 is 1.86. The summed E-state index contributed by atoms with van der Waals surface area (Å²) >= 11 is 6.45. The van der Waals surface area contributed by atoms with E-state index in [2.05, 4.69) is 39.4 Å². The SMILES string of the molecule is Cc1cc2cnc(Nc3cnn(C4CC4)c3Cl)nc2cc1N1CCC(C)(O)CC1. The molecule has 7 nitrogen and oxygen atoms in total. The number of hydrogen-bond acceptors (Lipinski definition) is 6. The van der Waals surface area contributed by atoms with Crippen molar-refractivity contribution in [3.8, 4) is 0 Å². The Bertz CT molecular complexity index is 1060. The van der Waals surface area contributed by atoms with Gasteiger partial charge < -0.3 is 15.3 Å². The Labute approximate surface area is 174 Å². The standard InChI is InChI=1S/C21H25ClN6O/c1-13-9-14-11-23-20(26-17-12-24-28(19(17)22)15-3-4-15)25-16(14)10-18(13)27-7-5-21(2,29)6-8-27/h9-12,15,29H,3-8H2,1-2H3,(H,23,25,26). The Hall–Kier alpha value is -2.38. The van der Waals surface area contributed by atoms with Gasteiger partial charge in [-0.1, -0.05) is 11.6 Å². The molecule has 152 valence electrons. The molecule has 2 fully saturated rings. The van der Waals surface area contributed by atoms with Gasteiger partial charge >= 0.3 is 0 Å². The molecule has 1 saturated carbocycles. The zero-order valence-electron chi connectivity index (χ0n) is 16.7. The van der Waals surface area contributed by atoms with Gasteiger partial charge in [0.25, 0.3) is 0 Å². The van der Waals surface area contributed by atoms with Crippen molar-refractivity contribution in [2.45, 2.75) is 51.2 Å². The molecular formula is C21H25ClN6O. The fraction of sp³-hybridized carbons (Fsp3) is 0.476. The topological polar surface area (TPSA) is 79.1 Å². The number of aliphatic hydroxyl groups is 1. The number of nitrogens with one attached hydrogen (secondary N) is 1. The van der Waals surface area contributed by atoms with Crippen LogP contribution in [-0.2, 0) is 0 Å². The number of nitrogens with zero attached hydrogens (tertiary/aromatic N) is 5. The summed E-state index contributed by atoms with van der Waals surface area (Å²) in [5, 5.41) is 19.4. The molecule has 8 heteroatoms. The van der Waals surface area contributed by atoms with E-state index < -0.39 is 5.60 Å². The van der Waals surface area contributed by atoms with Gasteiger partial charge in [0, 0.05) is 30.4 Å². The zero-order valence-corrected chi connectivity index (χ0v) is 17.4. The van der Waals surface area contributed by atoms with E-state index in [-0.39, 0.29) is 0 Å². The second-order valence-electron chi connectivity index (χ2n) is 8.52. The van der Waals surface area contributed by atoms with Crippen LogP contribution in [-0.4, -0.2) is 43.5 Å². The largest absolute Gasteiger partial charge is 0.390 e. The fourth-order valence-corrected chi connectivity index (χ4v) is 4.21. The maximum Gasteiger partial charge on any atom is 0.227 e. The molecule has 1 aliphatic heterocycles. The minimum atomic E-state index is -0.565. The van der Waals surface area contributed by atoms with E-state index in [1.807, 2.05) is 17.8 Å². The first-order valence-corrected chi connectivity index (χ1v) is 10.5. The van der Waals surface area contributed by atoms with Gasteiger partial charge in [-0.15, -0.1) is 0 Å². The van der Waals surface area contributed by atoms with Crippen molar-refractivity contribution in [1.82, 2.24) is 19.7 Å². The second-order valence-corrected chi connectivity index (χ2v) is 8.88. The summed E-state index contributed by atoms with van der Waals surface area (Å²) in [5.74, 6) is 0.506. The van der Waals surface area contributed by atoms with Crippen LogP contribution in [0.5, 0.6) is 0 Å². The Balaban J connectivity index is 1.42. The van der Waals surface area contributed by atoms with Crippen LogP contribution in [0.15, 0.2) is 24.5 Å². The first kappa shape index (κ1) is 18.6. The van der Waals surface area contributed by atoms with Crippen molar-refractivity contribution in [2.75, 3.05) is 23.3 Å². The molecule has 1 saturated heterocycles. The molecule has 3 aromatic rings. The summed E-state index contributed by atoms with van der Waals surface area (Å²) in [7, 11) is 0. The summed E-state index contributed by atoms with van der Waals surface area (Å²) in [6, 6.07) is 4.66. The van der Waals surface area contributed by atoms with Crippen LogP contribution in [0.25, 0.3) is 10.9 Å². The van der Waals surface area contributed by atoms with E-state index in [4.69, 9.17) is 16.6 Å². The van der Waals surface area contributed by atoms with Crippen LogP contribution < -0.4 is 10.2 Å². The lowest BCUT2D eigenvalue weighted by Crippen LogP contribution is -2.42. The third kappa shape index (κ3) is 3.65. The maximum atomic E-state index is 10.2. The van der Waals surface area contributed by atoms with Gasteiger partial charge in [0.05, 0.1) is 29.0 Å². The number of aryl methyl sites for hydroxylation is 1. The molecule has 0 bridgehead atoms. The van der Waals surface area contributed by atoms with E-state index in [1.54, 1.807) is 6.20 Å². The number of benzene rings is 1. The maximum absolute atomic E-state index is 10.2. The third-order valence-corrected chi connectivity index (χ3v) is 6.33. The summed E-state index contributed by atoms with van der Waals surface area (Å²) in [6.45, 7) is 5.70. The molecule has 5 rings (SSSR count). The van der Waals surface area contributed by atoms with Gasteiger partial charge in [-0.25, -0.2) is 14.6 Å². The van der Waals surface area contributed by atoms with Gasteiger partial charge in [0.2, 0.25) is 5.95 Å². The van der Waals surface area contributed by atoms with Crippen molar-refractivity contribution >= 4 is 39.8 Å². The van der Waals surface area contributed by atoms with Crippen molar-refractivity contribution in [2.24, 2.45) is 0 Å². The predicted octanol–water partition coefficient (Wildman–Crippen LogP) is 4.22. The second kappa shape index (κ2) is 6.85. The van der Waals surface area contributed by atoms with E-state index >= 15 is 0 Å². The van der Waals surface area contributed by atoms with Gasteiger partial charge in [-0.05, 0) is 57.2 Å². The minimum Gasteiger partial charge on any atom is -0.390 e. The highest BCUT2D eigenvalue weighted by Crippen LogP contribution is 2.39. The molecular weight excluding hydrogens is 388 g/mol. The average molecular weight is 413 g/mol. The number of rotatable bonds is 4. The summed E-state index contributed by atoms with van der Waals surface area (Å²) in [4.78, 5) is 11.5. The third-order valence-electron chi connectivity index (χ3n) is 5.95. The smallest absolute Gasteiger partial charge is 0.227 e. The monoisotopic (exact) mass is 412 g/mol. The van der Waals surface area contributed by atoms with Crippen molar-refractivity contribution < 1.29 is 5.11 Å². The van der Waals surface area contributed by atoms with Crippen molar-refractivity contribution in [3.63, 3.8) is 0 Å². The average Bonchev–Trinajstić information content (AvgIpc) is 3.46. The van der Waals surface area contributed by atoms with Gasteiger partial charge in [-0.3, -0.25) is 0 Å². The number of aromatic nitrogens is 4. The molecule has 2 aromatic heterocycles. The molecule has 0 unspecified atom stereocenters. The molecule has 0 radical (unpaired) electrons. The van der Waals surface area contributed by atoms with E-state index in [0.717, 1.165) is 61.1 Å². The summed E-state index contributed by atoms with van der Waals surface area (Å²) in [5.41, 5.74) is 3.40. The Kier molecular flexibility index (Phi) is 4.40. The number of halogens is 1. The van der Waals surface area contributed by atoms with Crippen LogP contribution in [0.3, 0.4) is 0 Å². The Morgan fingerprint density at radius 2 is 1.97 bits per heavy atom. The van der Waals surface area contributed by atoms with E-state index in [1.165, 1.54) is 5.56 Å². The lowest BCUT2D eigenvalue weighted by molar-refractivity contribution is 0.0351. The number of piperidine rings is 1. The van der Waals surface area contributed by atoms with Crippen LogP contribution in [0.4, 0.5) is 17.3 Å². The number of fused-ring (bicyclic) bond motifs is 1. The molecule has 2 N–H and O–H groups in total. The zero-order chi connectivity index (χ0) is 20.2. The van der Waals surface area contributed by atoms with Gasteiger partial charge in [0.1, 0.15) is 0 Å². The molecule has 0 spiro atoms. The fourth-order valence-electron chi connectivity index (χ4n) is 3.94. The highest BCUT2D eigenvalue weighted by molar-refractivity contribution is 6.32. The first-order chi connectivity index (χ1) is 13.9. The highest BCUT2D eigenvalue weighted by atomic mass is 35.5. The molecule has 3 heterocycles. The molecule has 2 aliphatic rings. The van der Waals surface area contributed by atoms with Crippen LogP contribution in [0, 0.1) is 6.92 Å². The normalized spacial score (nSPS) is 19.0. The molecule has 1 aromatic carbocycles.